The zero-order valence-corrected chi connectivity index (χ0v) is 27.9. The first-order valence-electron chi connectivity index (χ1n) is 16.1. The molecule has 0 radical (unpaired) electrons. The molecule has 0 amide bonds. The molecule has 0 saturated carbocycles. The van der Waals surface area contributed by atoms with Crippen molar-refractivity contribution in [2.24, 2.45) is 0 Å². The van der Waals surface area contributed by atoms with E-state index in [9.17, 15) is 0 Å². The zero-order chi connectivity index (χ0) is 31.1. The fraction of sp³-hybridized carbons (Fsp3) is 0.514. The smallest absolute Gasteiger partial charge is 0.249 e. The quantitative estimate of drug-likeness (QED) is 0.180. The van der Waals surface area contributed by atoms with Crippen LogP contribution in [0.1, 0.15) is 115 Å². The Bertz CT molecular complexity index is 1380. The number of benzene rings is 2. The van der Waals surface area contributed by atoms with E-state index in [2.05, 4.69) is 147 Å². The van der Waals surface area contributed by atoms with Gasteiger partial charge < -0.3 is 9.47 Å². The van der Waals surface area contributed by atoms with Gasteiger partial charge in [0.1, 0.15) is 61.5 Å². The Labute approximate surface area is 258 Å². The third-order valence-corrected chi connectivity index (χ3v) is 8.65. The summed E-state index contributed by atoms with van der Waals surface area (Å²) in [7, 11) is 0. The minimum absolute atomic E-state index is 0.0780. The summed E-state index contributed by atoms with van der Waals surface area (Å²) >= 11 is 0. The minimum Gasteiger partial charge on any atom is -0.340 e. The van der Waals surface area contributed by atoms with Crippen LogP contribution in [0.4, 0.5) is 0 Å². The number of ether oxygens (including phenoxy) is 2. The van der Waals surface area contributed by atoms with E-state index in [4.69, 9.17) is 9.47 Å². The average molecular weight is 585 g/mol. The molecule has 2 aromatic heterocycles. The fourth-order valence-corrected chi connectivity index (χ4v) is 6.52. The number of aromatic nitrogens is 4. The molecule has 6 nitrogen and oxygen atoms in total. The third-order valence-electron chi connectivity index (χ3n) is 8.65. The Hall–Kier alpha value is -3.22. The highest BCUT2D eigenvalue weighted by atomic mass is 16.8. The molecule has 1 aliphatic rings. The van der Waals surface area contributed by atoms with Crippen LogP contribution in [0.3, 0.4) is 0 Å². The van der Waals surface area contributed by atoms with Gasteiger partial charge >= 0.3 is 0 Å². The van der Waals surface area contributed by atoms with E-state index < -0.39 is 5.79 Å². The van der Waals surface area contributed by atoms with Gasteiger partial charge in [-0.3, -0.25) is 0 Å². The largest absolute Gasteiger partial charge is 0.340 e. The van der Waals surface area contributed by atoms with E-state index in [1.807, 2.05) is 13.8 Å². The van der Waals surface area contributed by atoms with E-state index in [1.54, 1.807) is 0 Å². The van der Waals surface area contributed by atoms with Crippen molar-refractivity contribution < 1.29 is 18.6 Å². The normalized spacial score (nSPS) is 18.6. The number of nitrogens with zero attached hydrogens (tertiary/aromatic N) is 4. The van der Waals surface area contributed by atoms with Crippen molar-refractivity contribution >= 4 is 0 Å². The maximum absolute atomic E-state index is 6.50. The van der Waals surface area contributed by atoms with Gasteiger partial charge in [-0.1, -0.05) is 91.8 Å². The monoisotopic (exact) mass is 584 g/mol. The van der Waals surface area contributed by atoms with Crippen LogP contribution in [0.5, 0.6) is 0 Å². The predicted molar refractivity (Wildman–Crippen MR) is 172 cm³/mol. The Morgan fingerprint density at radius 3 is 1.23 bits per heavy atom. The van der Waals surface area contributed by atoms with Gasteiger partial charge in [-0.05, 0) is 37.5 Å². The van der Waals surface area contributed by atoms with Crippen molar-refractivity contribution in [2.45, 2.75) is 124 Å². The molecule has 1 fully saturated rings. The molecule has 0 spiro atoms. The van der Waals surface area contributed by atoms with Crippen molar-refractivity contribution in [3.63, 3.8) is 0 Å². The maximum Gasteiger partial charge on any atom is 0.249 e. The van der Waals surface area contributed by atoms with Crippen LogP contribution in [-0.2, 0) is 22.6 Å². The SMILES string of the molecule is CC(C)c1cccc(C(C)C)c1-n1cc[n+](C[C@@H]2OC(C)(C)O[C@H]2C[n+]2ccn(-c3c(C(C)C)cccc3C(C)C)c2)c1. The summed E-state index contributed by atoms with van der Waals surface area (Å²) in [6, 6.07) is 13.4. The van der Waals surface area contributed by atoms with Crippen LogP contribution in [0.2, 0.25) is 0 Å². The first-order chi connectivity index (χ1) is 20.3. The molecule has 0 N–H and O–H groups in total. The Balaban J connectivity index is 1.39. The fourth-order valence-electron chi connectivity index (χ4n) is 6.52. The van der Waals surface area contributed by atoms with Crippen LogP contribution in [-0.4, -0.2) is 27.1 Å². The molecule has 3 heterocycles. The molecule has 0 bridgehead atoms. The molecule has 4 aromatic rings. The molecule has 0 aliphatic carbocycles. The van der Waals surface area contributed by atoms with Crippen molar-refractivity contribution in [1.82, 2.24) is 9.13 Å². The molecule has 1 aliphatic heterocycles. The van der Waals surface area contributed by atoms with Gasteiger partial charge in [-0.25, -0.2) is 18.3 Å². The highest BCUT2D eigenvalue weighted by molar-refractivity contribution is 5.52. The van der Waals surface area contributed by atoms with Gasteiger partial charge in [0.25, 0.3) is 0 Å². The first kappa shape index (κ1) is 31.2. The summed E-state index contributed by atoms with van der Waals surface area (Å²) in [5.41, 5.74) is 8.07. The molecule has 2 atom stereocenters. The molecule has 1 saturated heterocycles. The second kappa shape index (κ2) is 12.4. The van der Waals surface area contributed by atoms with Crippen LogP contribution in [0.25, 0.3) is 11.4 Å². The molecule has 43 heavy (non-hydrogen) atoms. The van der Waals surface area contributed by atoms with E-state index >= 15 is 0 Å². The van der Waals surface area contributed by atoms with Crippen LogP contribution < -0.4 is 9.13 Å². The van der Waals surface area contributed by atoms with Gasteiger partial charge in [0.15, 0.2) is 5.79 Å². The van der Waals surface area contributed by atoms with Crippen molar-refractivity contribution in [3.8, 4) is 11.4 Å². The molecule has 0 unspecified atom stereocenters. The second-order valence-corrected chi connectivity index (χ2v) is 13.9. The van der Waals surface area contributed by atoms with Crippen LogP contribution in [0.15, 0.2) is 73.8 Å². The maximum atomic E-state index is 6.50. The summed E-state index contributed by atoms with van der Waals surface area (Å²) in [5.74, 6) is 1.13. The van der Waals surface area contributed by atoms with Crippen LogP contribution >= 0.6 is 0 Å². The summed E-state index contributed by atoms with van der Waals surface area (Å²) in [5, 5.41) is 0. The summed E-state index contributed by atoms with van der Waals surface area (Å²) < 4.78 is 22.1. The zero-order valence-electron chi connectivity index (χ0n) is 27.9. The molecule has 2 aromatic carbocycles. The standard InChI is InChI=1S/C37H52N4O2/c1-25(2)29-13-11-14-30(26(3)4)35(29)40-19-17-38(23-40)21-33-34(43-37(9,10)42-33)22-39-18-20-41(24-39)36-31(27(5)6)15-12-16-32(36)28(7)8/h11-20,23-28,33-34H,21-22H2,1-10H3/q+2/t33-,34-/m0/s1. The van der Waals surface area contributed by atoms with Crippen molar-refractivity contribution in [1.29, 1.82) is 0 Å². The lowest BCUT2D eigenvalue weighted by atomic mass is 9.92. The number of hydrogen-bond donors (Lipinski definition) is 0. The topological polar surface area (TPSA) is 36.1 Å². The number of rotatable bonds is 10. The molecule has 230 valence electrons. The molecule has 5 rings (SSSR count). The van der Waals surface area contributed by atoms with Crippen molar-refractivity contribution in [2.75, 3.05) is 0 Å². The lowest BCUT2D eigenvalue weighted by molar-refractivity contribution is -0.715. The number of para-hydroxylation sites is 2. The Kier molecular flexibility index (Phi) is 9.01. The minimum atomic E-state index is -0.633. The van der Waals surface area contributed by atoms with Gasteiger partial charge in [-0.2, -0.15) is 0 Å². The van der Waals surface area contributed by atoms with Gasteiger partial charge in [0.2, 0.25) is 12.7 Å². The van der Waals surface area contributed by atoms with Gasteiger partial charge in [-0.15, -0.1) is 0 Å². The highest BCUT2D eigenvalue weighted by Gasteiger charge is 2.43. The number of hydrogen-bond acceptors (Lipinski definition) is 2. The van der Waals surface area contributed by atoms with Gasteiger partial charge in [0, 0.05) is 22.3 Å². The van der Waals surface area contributed by atoms with Crippen molar-refractivity contribution in [3.05, 3.63) is 96.1 Å². The second-order valence-electron chi connectivity index (χ2n) is 13.9. The summed E-state index contributed by atoms with van der Waals surface area (Å²) in [6.45, 7) is 23.6. The van der Waals surface area contributed by atoms with E-state index in [0.29, 0.717) is 23.7 Å². The molecule has 6 heteroatoms. The van der Waals surface area contributed by atoms with E-state index in [0.717, 1.165) is 13.1 Å². The first-order valence-corrected chi connectivity index (χ1v) is 16.1. The lowest BCUT2D eigenvalue weighted by Gasteiger charge is -2.16. The molecular formula is C37H52N4O2+2. The van der Waals surface area contributed by atoms with Crippen LogP contribution in [0, 0.1) is 0 Å². The average Bonchev–Trinajstić information content (AvgIpc) is 3.66. The lowest BCUT2D eigenvalue weighted by Crippen LogP contribution is -2.47. The predicted octanol–water partition coefficient (Wildman–Crippen LogP) is 7.56. The van der Waals surface area contributed by atoms with E-state index in [-0.39, 0.29) is 12.2 Å². The molecular weight excluding hydrogens is 532 g/mol. The highest BCUT2D eigenvalue weighted by Crippen LogP contribution is 2.33. The summed E-state index contributed by atoms with van der Waals surface area (Å²) in [6.07, 6.45) is 12.9. The van der Waals surface area contributed by atoms with Gasteiger partial charge in [0.05, 0.1) is 0 Å². The summed E-state index contributed by atoms with van der Waals surface area (Å²) in [4.78, 5) is 0. The Morgan fingerprint density at radius 2 is 0.930 bits per heavy atom. The van der Waals surface area contributed by atoms with E-state index in [1.165, 1.54) is 33.6 Å². The Morgan fingerprint density at radius 1 is 0.605 bits per heavy atom. The third kappa shape index (κ3) is 6.66. The number of imidazole rings is 2.